The van der Waals surface area contributed by atoms with Crippen LogP contribution in [0.1, 0.15) is 40.0 Å². The number of nitrogens with zero attached hydrogens (tertiary/aromatic N) is 1. The molecule has 0 unspecified atom stereocenters. The molecule has 1 heterocycles. The first-order valence-corrected chi connectivity index (χ1v) is 11.2. The average molecular weight is 478 g/mol. The molecule has 0 aliphatic heterocycles. The molecule has 0 saturated heterocycles. The summed E-state index contributed by atoms with van der Waals surface area (Å²) in [7, 11) is 5.96. The lowest BCUT2D eigenvalue weighted by Gasteiger charge is -2.22. The first-order valence-electron chi connectivity index (χ1n) is 11.2. The van der Waals surface area contributed by atoms with Gasteiger partial charge in [0.05, 0.1) is 45.2 Å². The van der Waals surface area contributed by atoms with Crippen LogP contribution in [0.15, 0.2) is 36.4 Å². The van der Waals surface area contributed by atoms with Gasteiger partial charge in [0.1, 0.15) is 0 Å². The molecule has 0 spiro atoms. The van der Waals surface area contributed by atoms with Gasteiger partial charge in [0, 0.05) is 5.39 Å². The maximum absolute atomic E-state index is 13.1. The van der Waals surface area contributed by atoms with Crippen LogP contribution in [0.4, 0.5) is 0 Å². The Bertz CT molecular complexity index is 1290. The molecule has 182 valence electrons. The number of hydrogen-bond acceptors (Lipinski definition) is 8. The Labute approximate surface area is 203 Å². The highest BCUT2D eigenvalue weighted by Gasteiger charge is 2.26. The summed E-state index contributed by atoms with van der Waals surface area (Å²) in [4.78, 5) is 29.6. The number of methoxy groups -OCH3 is 4. The van der Waals surface area contributed by atoms with Gasteiger partial charge >= 0.3 is 11.9 Å². The fourth-order valence-corrected chi connectivity index (χ4v) is 4.35. The molecule has 0 atom stereocenters. The fraction of sp³-hybridized carbons (Fsp3) is 0.296. The van der Waals surface area contributed by atoms with E-state index in [4.69, 9.17) is 23.9 Å². The Morgan fingerprint density at radius 2 is 1.69 bits per heavy atom. The van der Waals surface area contributed by atoms with Gasteiger partial charge in [0.25, 0.3) is 0 Å². The molecule has 0 radical (unpaired) electrons. The number of benzene rings is 2. The minimum Gasteiger partial charge on any atom is -0.493 e. The van der Waals surface area contributed by atoms with E-state index in [0.29, 0.717) is 40.1 Å². The Morgan fingerprint density at radius 1 is 0.971 bits per heavy atom. The number of pyridine rings is 1. The number of carbonyl (C=O) groups is 2. The van der Waals surface area contributed by atoms with Crippen molar-refractivity contribution in [2.75, 3.05) is 35.0 Å². The van der Waals surface area contributed by atoms with E-state index in [-0.39, 0.29) is 0 Å². The summed E-state index contributed by atoms with van der Waals surface area (Å²) in [6, 6.07) is 11.2. The molecule has 0 bridgehead atoms. The van der Waals surface area contributed by atoms with Crippen molar-refractivity contribution in [3.8, 4) is 17.2 Å². The quantitative estimate of drug-likeness (QED) is 0.460. The Hall–Kier alpha value is -4.07. The molecule has 1 aliphatic rings. The molecule has 0 N–H and O–H groups in total. The van der Waals surface area contributed by atoms with Crippen molar-refractivity contribution in [3.63, 3.8) is 0 Å². The summed E-state index contributed by atoms with van der Waals surface area (Å²) < 4.78 is 26.3. The zero-order valence-corrected chi connectivity index (χ0v) is 20.2. The summed E-state index contributed by atoms with van der Waals surface area (Å²) >= 11 is 0. The van der Waals surface area contributed by atoms with E-state index in [1.54, 1.807) is 21.3 Å². The van der Waals surface area contributed by atoms with Gasteiger partial charge in [-0.15, -0.1) is 0 Å². The standard InChI is InChI=1S/C27H27NO7/c1-31-21-13-16(14-22(32-2)26(21)34-4)12-17-8-7-10-19-24(27(30)35-15-23(29)33-3)18-9-5-6-11-20(18)28-25(17)19/h5-6,9,11-14H,7-8,10,15H2,1-4H3/b17-12+. The van der Waals surface area contributed by atoms with E-state index >= 15 is 0 Å². The highest BCUT2D eigenvalue weighted by atomic mass is 16.6. The van der Waals surface area contributed by atoms with Crippen molar-refractivity contribution in [2.24, 2.45) is 0 Å². The minimum atomic E-state index is -0.617. The number of ether oxygens (including phenoxy) is 5. The maximum atomic E-state index is 13.1. The van der Waals surface area contributed by atoms with Crippen LogP contribution in [0.3, 0.4) is 0 Å². The van der Waals surface area contributed by atoms with E-state index < -0.39 is 18.5 Å². The lowest BCUT2D eigenvalue weighted by molar-refractivity contribution is -0.144. The average Bonchev–Trinajstić information content (AvgIpc) is 2.89. The zero-order valence-electron chi connectivity index (χ0n) is 20.2. The molecule has 0 saturated carbocycles. The molecule has 2 aromatic carbocycles. The highest BCUT2D eigenvalue weighted by molar-refractivity contribution is 6.07. The molecular formula is C27H27NO7. The van der Waals surface area contributed by atoms with Crippen molar-refractivity contribution in [1.82, 2.24) is 4.98 Å². The molecule has 8 heteroatoms. The summed E-state index contributed by atoms with van der Waals surface area (Å²) in [5.41, 5.74) is 4.50. The van der Waals surface area contributed by atoms with E-state index in [9.17, 15) is 9.59 Å². The highest BCUT2D eigenvalue weighted by Crippen LogP contribution is 2.41. The third kappa shape index (κ3) is 4.77. The molecule has 35 heavy (non-hydrogen) atoms. The van der Waals surface area contributed by atoms with Crippen LogP contribution in [0.5, 0.6) is 17.2 Å². The molecule has 4 rings (SSSR count). The van der Waals surface area contributed by atoms with E-state index in [1.165, 1.54) is 7.11 Å². The normalized spacial score (nSPS) is 13.8. The monoisotopic (exact) mass is 477 g/mol. The predicted molar refractivity (Wildman–Crippen MR) is 131 cm³/mol. The van der Waals surface area contributed by atoms with Crippen LogP contribution in [0.2, 0.25) is 0 Å². The number of esters is 2. The predicted octanol–water partition coefficient (Wildman–Crippen LogP) is 4.47. The van der Waals surface area contributed by atoms with Crippen molar-refractivity contribution in [1.29, 1.82) is 0 Å². The van der Waals surface area contributed by atoms with E-state index in [1.807, 2.05) is 42.5 Å². The maximum Gasteiger partial charge on any atom is 0.344 e. The summed E-state index contributed by atoms with van der Waals surface area (Å²) in [5.74, 6) is 0.426. The first-order chi connectivity index (χ1) is 17.0. The number of aromatic nitrogens is 1. The number of carbonyl (C=O) groups excluding carboxylic acids is 2. The van der Waals surface area contributed by atoms with E-state index in [2.05, 4.69) is 4.74 Å². The molecule has 1 aromatic heterocycles. The Morgan fingerprint density at radius 3 is 2.34 bits per heavy atom. The van der Waals surface area contributed by atoms with Crippen LogP contribution < -0.4 is 14.2 Å². The van der Waals surface area contributed by atoms with Crippen molar-refractivity contribution < 1.29 is 33.3 Å². The first kappa shape index (κ1) is 24.1. The second-order valence-corrected chi connectivity index (χ2v) is 7.97. The van der Waals surface area contributed by atoms with Crippen LogP contribution >= 0.6 is 0 Å². The van der Waals surface area contributed by atoms with Crippen LogP contribution in [0, 0.1) is 0 Å². The molecule has 0 fully saturated rings. The molecule has 3 aromatic rings. The van der Waals surface area contributed by atoms with Gasteiger partial charge in [0.2, 0.25) is 5.75 Å². The van der Waals surface area contributed by atoms with Crippen LogP contribution in [-0.2, 0) is 20.7 Å². The zero-order chi connectivity index (χ0) is 24.9. The van der Waals surface area contributed by atoms with Gasteiger partial charge in [-0.1, -0.05) is 18.2 Å². The third-order valence-electron chi connectivity index (χ3n) is 5.95. The van der Waals surface area contributed by atoms with Gasteiger partial charge in [-0.3, -0.25) is 0 Å². The van der Waals surface area contributed by atoms with Gasteiger partial charge in [-0.2, -0.15) is 0 Å². The van der Waals surface area contributed by atoms with Crippen molar-refractivity contribution in [3.05, 3.63) is 58.8 Å². The molecule has 0 amide bonds. The summed E-state index contributed by atoms with van der Waals surface area (Å²) in [6.45, 7) is -0.450. The molecule has 8 nitrogen and oxygen atoms in total. The fourth-order valence-electron chi connectivity index (χ4n) is 4.35. The molecular weight excluding hydrogens is 450 g/mol. The smallest absolute Gasteiger partial charge is 0.344 e. The number of allylic oxidation sites excluding steroid dienone is 1. The lowest BCUT2D eigenvalue weighted by Crippen LogP contribution is -2.19. The largest absolute Gasteiger partial charge is 0.493 e. The van der Waals surface area contributed by atoms with Gasteiger partial charge in [0.15, 0.2) is 18.1 Å². The number of hydrogen-bond donors (Lipinski definition) is 0. The number of para-hydroxylation sites is 1. The Kier molecular flexibility index (Phi) is 7.19. The second kappa shape index (κ2) is 10.5. The topological polar surface area (TPSA) is 93.2 Å². The third-order valence-corrected chi connectivity index (χ3v) is 5.95. The van der Waals surface area contributed by atoms with Crippen molar-refractivity contribution >= 4 is 34.5 Å². The van der Waals surface area contributed by atoms with Crippen LogP contribution in [-0.4, -0.2) is 52.0 Å². The van der Waals surface area contributed by atoms with E-state index in [0.717, 1.165) is 35.2 Å². The number of rotatable bonds is 7. The SMILES string of the molecule is COC(=O)COC(=O)c1c2c(nc3ccccc13)/C(=C/c1cc(OC)c(OC)c(OC)c1)CCC2. The molecule has 1 aliphatic carbocycles. The van der Waals surface area contributed by atoms with Gasteiger partial charge < -0.3 is 23.7 Å². The summed E-state index contributed by atoms with van der Waals surface area (Å²) in [6.07, 6.45) is 4.31. The number of fused-ring (bicyclic) bond motifs is 2. The van der Waals surface area contributed by atoms with Crippen molar-refractivity contribution in [2.45, 2.75) is 19.3 Å². The van der Waals surface area contributed by atoms with Gasteiger partial charge in [-0.05, 0) is 60.2 Å². The van der Waals surface area contributed by atoms with Crippen LogP contribution in [0.25, 0.3) is 22.6 Å². The lowest BCUT2D eigenvalue weighted by atomic mass is 9.86. The second-order valence-electron chi connectivity index (χ2n) is 7.97. The Balaban J connectivity index is 1.85. The minimum absolute atomic E-state index is 0.435. The van der Waals surface area contributed by atoms with Gasteiger partial charge in [-0.25, -0.2) is 14.6 Å². The summed E-state index contributed by atoms with van der Waals surface area (Å²) in [5, 5.41) is 0.690.